The van der Waals surface area contributed by atoms with E-state index >= 15 is 0 Å². The van der Waals surface area contributed by atoms with Gasteiger partial charge in [-0.05, 0) is 72.5 Å². The Morgan fingerprint density at radius 3 is 2.64 bits per heavy atom. The monoisotopic (exact) mass is 532 g/mol. The van der Waals surface area contributed by atoms with Gasteiger partial charge in [0, 0.05) is 40.8 Å². The van der Waals surface area contributed by atoms with E-state index in [0.717, 1.165) is 34.1 Å². The summed E-state index contributed by atoms with van der Waals surface area (Å²) in [4.78, 5) is 16.1. The Morgan fingerprint density at radius 1 is 1.05 bits per heavy atom. The summed E-state index contributed by atoms with van der Waals surface area (Å²) < 4.78 is 44.0. The van der Waals surface area contributed by atoms with Gasteiger partial charge in [0.1, 0.15) is 5.75 Å². The van der Waals surface area contributed by atoms with Crippen LogP contribution in [-0.4, -0.2) is 33.5 Å². The van der Waals surface area contributed by atoms with Gasteiger partial charge in [0.25, 0.3) is 5.91 Å². The van der Waals surface area contributed by atoms with Gasteiger partial charge in [-0.1, -0.05) is 25.1 Å². The molecule has 9 heteroatoms. The van der Waals surface area contributed by atoms with E-state index in [0.29, 0.717) is 17.0 Å². The Balaban J connectivity index is 1.28. The summed E-state index contributed by atoms with van der Waals surface area (Å²) in [6.07, 6.45) is 1.27. The number of H-pyrrole nitrogens is 1. The van der Waals surface area contributed by atoms with Gasteiger partial charge in [0.15, 0.2) is 0 Å². The lowest BCUT2D eigenvalue weighted by atomic mass is 10.1. The number of fused-ring (bicyclic) bond motifs is 1. The molecule has 0 atom stereocenters. The fraction of sp³-hybridized carbons (Fsp3) is 0.200. The van der Waals surface area contributed by atoms with Crippen LogP contribution >= 0.6 is 0 Å². The van der Waals surface area contributed by atoms with Crippen LogP contribution in [0.15, 0.2) is 85.3 Å². The smallest absolute Gasteiger partial charge is 0.389 e. The second kappa shape index (κ2) is 11.1. The first kappa shape index (κ1) is 26.1. The maximum absolute atomic E-state index is 12.9. The number of amides is 1. The number of hydrogen-bond acceptors (Lipinski definition) is 3. The molecule has 5 rings (SSSR count). The summed E-state index contributed by atoms with van der Waals surface area (Å²) in [6.45, 7) is 2.07. The van der Waals surface area contributed by atoms with Crippen molar-refractivity contribution in [2.45, 2.75) is 32.4 Å². The fourth-order valence-corrected chi connectivity index (χ4v) is 4.30. The average Bonchev–Trinajstić information content (AvgIpc) is 3.58. The standard InChI is InChI=1S/C30H27F3N4O2/c1-2-20-5-3-6-24(15-20)37-19-23(17-35-37)22-9-12-27-26(16-22)28(18-34-27)36-29(38)21-7-10-25(11-8-21)39-14-4-13-30(31,32)33/h3,5-12,15-19,34H,2,4,13-14H2,1H3,(H,36,38). The lowest BCUT2D eigenvalue weighted by molar-refractivity contribution is -0.136. The van der Waals surface area contributed by atoms with Crippen LogP contribution in [-0.2, 0) is 6.42 Å². The normalized spacial score (nSPS) is 11.6. The maximum Gasteiger partial charge on any atom is 0.389 e. The van der Waals surface area contributed by atoms with E-state index in [4.69, 9.17) is 4.74 Å². The molecule has 0 aliphatic carbocycles. The summed E-state index contributed by atoms with van der Waals surface area (Å²) >= 11 is 0. The van der Waals surface area contributed by atoms with Crippen LogP contribution in [0.4, 0.5) is 18.9 Å². The van der Waals surface area contributed by atoms with Crippen molar-refractivity contribution in [2.24, 2.45) is 0 Å². The minimum absolute atomic E-state index is 0.0489. The van der Waals surface area contributed by atoms with Gasteiger partial charge in [-0.2, -0.15) is 18.3 Å². The number of rotatable bonds is 9. The van der Waals surface area contributed by atoms with Gasteiger partial charge in [0.2, 0.25) is 0 Å². The number of nitrogens with zero attached hydrogens (tertiary/aromatic N) is 2. The summed E-state index contributed by atoms with van der Waals surface area (Å²) in [5.41, 5.74) is 6.05. The summed E-state index contributed by atoms with van der Waals surface area (Å²) in [6, 6.07) is 20.5. The first-order chi connectivity index (χ1) is 18.8. The number of halogens is 3. The van der Waals surface area contributed by atoms with Gasteiger partial charge in [-0.25, -0.2) is 4.68 Å². The van der Waals surface area contributed by atoms with Crippen LogP contribution in [0.25, 0.3) is 27.7 Å². The van der Waals surface area contributed by atoms with E-state index in [1.807, 2.05) is 47.4 Å². The molecule has 2 aromatic heterocycles. The zero-order chi connectivity index (χ0) is 27.4. The molecule has 39 heavy (non-hydrogen) atoms. The van der Waals surface area contributed by atoms with Crippen LogP contribution < -0.4 is 10.1 Å². The first-order valence-corrected chi connectivity index (χ1v) is 12.7. The van der Waals surface area contributed by atoms with E-state index in [9.17, 15) is 18.0 Å². The lowest BCUT2D eigenvalue weighted by Gasteiger charge is -2.09. The number of aryl methyl sites for hydroxylation is 1. The highest BCUT2D eigenvalue weighted by Gasteiger charge is 2.26. The number of aromatic nitrogens is 3. The van der Waals surface area contributed by atoms with Gasteiger partial charge in [-0.3, -0.25) is 4.79 Å². The van der Waals surface area contributed by atoms with Gasteiger partial charge < -0.3 is 15.0 Å². The zero-order valence-corrected chi connectivity index (χ0v) is 21.3. The summed E-state index contributed by atoms with van der Waals surface area (Å²) in [7, 11) is 0. The van der Waals surface area contributed by atoms with E-state index in [1.165, 1.54) is 5.56 Å². The number of carbonyl (C=O) groups excluding carboxylic acids is 1. The highest BCUT2D eigenvalue weighted by atomic mass is 19.4. The van der Waals surface area contributed by atoms with Crippen molar-refractivity contribution in [1.29, 1.82) is 0 Å². The molecule has 0 aliphatic rings. The van der Waals surface area contributed by atoms with Crippen molar-refractivity contribution in [3.63, 3.8) is 0 Å². The Hall–Kier alpha value is -4.53. The highest BCUT2D eigenvalue weighted by Crippen LogP contribution is 2.30. The molecule has 0 fully saturated rings. The number of anilines is 1. The molecule has 0 saturated carbocycles. The van der Waals surface area contributed by atoms with Gasteiger partial charge in [-0.15, -0.1) is 0 Å². The topological polar surface area (TPSA) is 71.9 Å². The van der Waals surface area contributed by atoms with Crippen LogP contribution in [0.1, 0.15) is 35.7 Å². The third-order valence-corrected chi connectivity index (χ3v) is 6.42. The predicted octanol–water partition coefficient (Wildman–Crippen LogP) is 7.56. The molecule has 0 radical (unpaired) electrons. The minimum atomic E-state index is -4.20. The average molecular weight is 533 g/mol. The van der Waals surface area contributed by atoms with Crippen LogP contribution in [0.3, 0.4) is 0 Å². The zero-order valence-electron chi connectivity index (χ0n) is 21.3. The number of ether oxygens (including phenoxy) is 1. The Morgan fingerprint density at radius 2 is 1.87 bits per heavy atom. The number of alkyl halides is 3. The van der Waals surface area contributed by atoms with Crippen LogP contribution in [0, 0.1) is 0 Å². The number of nitrogens with one attached hydrogen (secondary N) is 2. The quantitative estimate of drug-likeness (QED) is 0.193. The number of aromatic amines is 1. The molecule has 0 aliphatic heterocycles. The molecule has 0 saturated heterocycles. The largest absolute Gasteiger partial charge is 0.494 e. The molecule has 5 aromatic rings. The van der Waals surface area contributed by atoms with Crippen molar-refractivity contribution in [2.75, 3.05) is 11.9 Å². The highest BCUT2D eigenvalue weighted by molar-refractivity contribution is 6.09. The molecular weight excluding hydrogens is 505 g/mol. The molecule has 0 bridgehead atoms. The third-order valence-electron chi connectivity index (χ3n) is 6.42. The maximum atomic E-state index is 12.9. The molecular formula is C30H27F3N4O2. The minimum Gasteiger partial charge on any atom is -0.494 e. The number of carbonyl (C=O) groups is 1. The second-order valence-electron chi connectivity index (χ2n) is 9.21. The van der Waals surface area contributed by atoms with Gasteiger partial charge in [0.05, 0.1) is 24.2 Å². The van der Waals surface area contributed by atoms with E-state index in [-0.39, 0.29) is 18.9 Å². The first-order valence-electron chi connectivity index (χ1n) is 12.7. The molecule has 1 amide bonds. The molecule has 6 nitrogen and oxygen atoms in total. The van der Waals surface area contributed by atoms with Crippen molar-refractivity contribution in [1.82, 2.24) is 14.8 Å². The van der Waals surface area contributed by atoms with E-state index < -0.39 is 12.6 Å². The molecule has 0 unspecified atom stereocenters. The fourth-order valence-electron chi connectivity index (χ4n) is 4.30. The predicted molar refractivity (Wildman–Crippen MR) is 145 cm³/mol. The van der Waals surface area contributed by atoms with Gasteiger partial charge >= 0.3 is 6.18 Å². The lowest BCUT2D eigenvalue weighted by Crippen LogP contribution is -2.12. The van der Waals surface area contributed by atoms with Crippen molar-refractivity contribution < 1.29 is 22.7 Å². The van der Waals surface area contributed by atoms with Crippen molar-refractivity contribution >= 4 is 22.5 Å². The number of benzene rings is 3. The van der Waals surface area contributed by atoms with E-state index in [1.54, 1.807) is 30.5 Å². The van der Waals surface area contributed by atoms with Crippen LogP contribution in [0.5, 0.6) is 5.75 Å². The Labute approximate surface area is 223 Å². The Bertz CT molecular complexity index is 1590. The van der Waals surface area contributed by atoms with Crippen LogP contribution in [0.2, 0.25) is 0 Å². The number of hydrogen-bond donors (Lipinski definition) is 2. The van der Waals surface area contributed by atoms with E-state index in [2.05, 4.69) is 34.5 Å². The van der Waals surface area contributed by atoms with Crippen molar-refractivity contribution in [3.8, 4) is 22.6 Å². The third kappa shape index (κ3) is 6.31. The SMILES string of the molecule is CCc1cccc(-n2cc(-c3ccc4[nH]cc(NC(=O)c5ccc(OCCCC(F)(F)F)cc5)c4c3)cn2)c1. The second-order valence-corrected chi connectivity index (χ2v) is 9.21. The molecule has 3 aromatic carbocycles. The van der Waals surface area contributed by atoms with Crippen molar-refractivity contribution in [3.05, 3.63) is 96.4 Å². The molecule has 2 N–H and O–H groups in total. The molecule has 200 valence electrons. The Kier molecular flexibility index (Phi) is 7.40. The molecule has 0 spiro atoms. The molecule has 2 heterocycles. The summed E-state index contributed by atoms with van der Waals surface area (Å²) in [5.74, 6) is 0.0981. The summed E-state index contributed by atoms with van der Waals surface area (Å²) in [5, 5.41) is 8.32.